The first kappa shape index (κ1) is 21.4. The van der Waals surface area contributed by atoms with Crippen LogP contribution in [0.3, 0.4) is 0 Å². The van der Waals surface area contributed by atoms with E-state index in [-0.39, 0.29) is 6.71 Å². The van der Waals surface area contributed by atoms with E-state index in [9.17, 15) is 0 Å². The first-order valence-electron chi connectivity index (χ1n) is 9.56. The maximum atomic E-state index is 6.47. The van der Waals surface area contributed by atoms with Crippen molar-refractivity contribution in [3.63, 3.8) is 0 Å². The molecule has 0 saturated heterocycles. The molecule has 3 aromatic carbocycles. The molecule has 0 fully saturated rings. The Kier molecular flexibility index (Phi) is 6.60. The van der Waals surface area contributed by atoms with Gasteiger partial charge < -0.3 is 0 Å². The summed E-state index contributed by atoms with van der Waals surface area (Å²) in [4.78, 5) is 0. The van der Waals surface area contributed by atoms with Crippen LogP contribution in [0.4, 0.5) is 0 Å². The third-order valence-corrected chi connectivity index (χ3v) is 7.35. The monoisotopic (exact) mass is 426 g/mol. The Hall–Kier alpha value is -1.27. The highest BCUT2D eigenvalue weighted by Crippen LogP contribution is 2.44. The Balaban J connectivity index is 2.41. The lowest BCUT2D eigenvalue weighted by Gasteiger charge is -2.26. The molecule has 0 bridgehead atoms. The van der Waals surface area contributed by atoms with E-state index < -0.39 is 6.63 Å². The van der Waals surface area contributed by atoms with Gasteiger partial charge in [0, 0.05) is 5.30 Å². The van der Waals surface area contributed by atoms with Gasteiger partial charge in [0.1, 0.15) is 6.63 Å². The lowest BCUT2D eigenvalue weighted by atomic mass is 9.34. The smallest absolute Gasteiger partial charge is 0.0727 e. The van der Waals surface area contributed by atoms with Crippen molar-refractivity contribution in [1.82, 2.24) is 0 Å². The molecule has 0 saturated carbocycles. The standard InChI is InChI=1S/C24H26BCl2P/c1-15-11-17(3)23(18(4)12-15)25(21-9-7-8-10-22(21)28(26)27)24-19(5)13-16(2)14-20(24)6/h7-14H,1-6H3. The van der Waals surface area contributed by atoms with Gasteiger partial charge in [0.05, 0.1) is 0 Å². The first-order valence-corrected chi connectivity index (χ1v) is 12.7. The number of aryl methyl sites for hydroxylation is 6. The van der Waals surface area contributed by atoms with Crippen LogP contribution in [0.25, 0.3) is 0 Å². The van der Waals surface area contributed by atoms with Crippen LogP contribution in [-0.4, -0.2) is 6.71 Å². The Morgan fingerprint density at radius 1 is 0.643 bits per heavy atom. The van der Waals surface area contributed by atoms with Crippen molar-refractivity contribution in [3.05, 3.63) is 81.9 Å². The van der Waals surface area contributed by atoms with Gasteiger partial charge in [0.25, 0.3) is 0 Å². The highest BCUT2D eigenvalue weighted by atomic mass is 35.9. The van der Waals surface area contributed by atoms with Crippen LogP contribution >= 0.6 is 29.1 Å². The van der Waals surface area contributed by atoms with Crippen molar-refractivity contribution in [3.8, 4) is 0 Å². The summed E-state index contributed by atoms with van der Waals surface area (Å²) >= 11 is 12.9. The van der Waals surface area contributed by atoms with E-state index in [1.165, 1.54) is 49.8 Å². The van der Waals surface area contributed by atoms with Gasteiger partial charge >= 0.3 is 0 Å². The second-order valence-corrected chi connectivity index (χ2v) is 11.3. The fourth-order valence-electron chi connectivity index (χ4n) is 4.63. The first-order chi connectivity index (χ1) is 13.2. The highest BCUT2D eigenvalue weighted by Gasteiger charge is 2.31. The predicted octanol–water partition coefficient (Wildman–Crippen LogP) is 5.47. The highest BCUT2D eigenvalue weighted by molar-refractivity contribution is 8.09. The molecule has 0 amide bonds. The molecule has 0 spiro atoms. The van der Waals surface area contributed by atoms with Gasteiger partial charge in [-0.1, -0.05) is 121 Å². The molecule has 0 aliphatic rings. The van der Waals surface area contributed by atoms with Crippen LogP contribution in [0.15, 0.2) is 48.5 Å². The van der Waals surface area contributed by atoms with Crippen molar-refractivity contribution < 1.29 is 0 Å². The maximum Gasteiger partial charge on any atom is 0.243 e. The summed E-state index contributed by atoms with van der Waals surface area (Å²) in [5.74, 6) is 0. The van der Waals surface area contributed by atoms with Crippen molar-refractivity contribution >= 4 is 57.5 Å². The molecular formula is C24H26BCl2P. The minimum atomic E-state index is -1.24. The van der Waals surface area contributed by atoms with Gasteiger partial charge in [-0.3, -0.25) is 0 Å². The van der Waals surface area contributed by atoms with E-state index in [4.69, 9.17) is 22.5 Å². The molecule has 3 aromatic rings. The third kappa shape index (κ3) is 4.18. The van der Waals surface area contributed by atoms with Gasteiger partial charge in [-0.15, -0.1) is 0 Å². The van der Waals surface area contributed by atoms with E-state index in [1.54, 1.807) is 0 Å². The topological polar surface area (TPSA) is 0 Å². The zero-order valence-corrected chi connectivity index (χ0v) is 19.8. The number of rotatable bonds is 4. The second kappa shape index (κ2) is 8.62. The molecule has 0 radical (unpaired) electrons. The van der Waals surface area contributed by atoms with E-state index in [0.29, 0.717) is 0 Å². The summed E-state index contributed by atoms with van der Waals surface area (Å²) in [6, 6.07) is 17.5. The zero-order valence-electron chi connectivity index (χ0n) is 17.4. The predicted molar refractivity (Wildman–Crippen MR) is 131 cm³/mol. The Bertz CT molecular complexity index is 923. The number of hydrogen-bond acceptors (Lipinski definition) is 0. The van der Waals surface area contributed by atoms with E-state index >= 15 is 0 Å². The average Bonchev–Trinajstić information content (AvgIpc) is 2.58. The molecule has 0 aliphatic carbocycles. The van der Waals surface area contributed by atoms with Gasteiger partial charge in [0.15, 0.2) is 0 Å². The normalized spacial score (nSPS) is 11.2. The molecule has 0 aromatic heterocycles. The lowest BCUT2D eigenvalue weighted by molar-refractivity contribution is 1.34. The summed E-state index contributed by atoms with van der Waals surface area (Å²) in [6.07, 6.45) is 0. The second-order valence-electron chi connectivity index (χ2n) is 7.85. The third-order valence-electron chi connectivity index (χ3n) is 5.48. The number of halogens is 2. The summed E-state index contributed by atoms with van der Waals surface area (Å²) in [6.45, 7) is 12.1. The molecule has 3 rings (SSSR count). The van der Waals surface area contributed by atoms with E-state index in [1.807, 2.05) is 6.07 Å². The summed E-state index contributed by atoms with van der Waals surface area (Å²) in [7, 11) is 0. The van der Waals surface area contributed by atoms with Crippen LogP contribution < -0.4 is 21.7 Å². The van der Waals surface area contributed by atoms with E-state index in [0.717, 1.165) is 5.30 Å². The molecule has 0 heterocycles. The van der Waals surface area contributed by atoms with Crippen LogP contribution in [0.2, 0.25) is 0 Å². The molecule has 28 heavy (non-hydrogen) atoms. The molecule has 0 nitrogen and oxygen atoms in total. The van der Waals surface area contributed by atoms with Gasteiger partial charge in [0.2, 0.25) is 6.71 Å². The summed E-state index contributed by atoms with van der Waals surface area (Å²) in [5.41, 5.74) is 11.8. The molecule has 0 atom stereocenters. The van der Waals surface area contributed by atoms with Gasteiger partial charge in [-0.2, -0.15) is 0 Å². The average molecular weight is 427 g/mol. The van der Waals surface area contributed by atoms with Crippen molar-refractivity contribution in [1.29, 1.82) is 0 Å². The van der Waals surface area contributed by atoms with E-state index in [2.05, 4.69) is 84.0 Å². The fourth-order valence-corrected chi connectivity index (χ4v) is 6.16. The molecule has 0 aliphatic heterocycles. The van der Waals surface area contributed by atoms with Crippen LogP contribution in [0, 0.1) is 41.5 Å². The van der Waals surface area contributed by atoms with Crippen molar-refractivity contribution in [2.45, 2.75) is 41.5 Å². The molecule has 0 N–H and O–H groups in total. The van der Waals surface area contributed by atoms with Gasteiger partial charge in [-0.25, -0.2) is 0 Å². The van der Waals surface area contributed by atoms with Crippen LogP contribution in [0.5, 0.6) is 0 Å². The Labute approximate surface area is 180 Å². The number of hydrogen-bond donors (Lipinski definition) is 0. The zero-order chi connectivity index (χ0) is 20.6. The Morgan fingerprint density at radius 2 is 1.04 bits per heavy atom. The maximum absolute atomic E-state index is 6.47. The molecule has 144 valence electrons. The van der Waals surface area contributed by atoms with Gasteiger partial charge in [-0.05, 0) is 41.5 Å². The largest absolute Gasteiger partial charge is 0.243 e. The molecule has 4 heteroatoms. The van der Waals surface area contributed by atoms with Crippen molar-refractivity contribution in [2.75, 3.05) is 0 Å². The summed E-state index contributed by atoms with van der Waals surface area (Å²) in [5, 5.41) is 1.05. The van der Waals surface area contributed by atoms with Crippen LogP contribution in [-0.2, 0) is 0 Å². The number of benzene rings is 3. The quantitative estimate of drug-likeness (QED) is 0.383. The van der Waals surface area contributed by atoms with Crippen LogP contribution in [0.1, 0.15) is 33.4 Å². The SMILES string of the molecule is Cc1cc(C)c(B(c2ccccc2P(Cl)Cl)c2c(C)cc(C)cc2C)c(C)c1. The van der Waals surface area contributed by atoms with Crippen molar-refractivity contribution in [2.24, 2.45) is 0 Å². The molecular weight excluding hydrogens is 401 g/mol. The lowest BCUT2D eigenvalue weighted by Crippen LogP contribution is -2.59. The fraction of sp³-hybridized carbons (Fsp3) is 0.250. The Morgan fingerprint density at radius 3 is 1.43 bits per heavy atom. The summed E-state index contributed by atoms with van der Waals surface area (Å²) < 4.78 is 0. The minimum Gasteiger partial charge on any atom is -0.0727 e. The molecule has 0 unspecified atom stereocenters. The minimum absolute atomic E-state index is 0.111.